The first-order valence-corrected chi connectivity index (χ1v) is 13.3. The van der Waals surface area contributed by atoms with E-state index in [4.69, 9.17) is 0 Å². The highest BCUT2D eigenvalue weighted by atomic mass is 32.2. The molecule has 2 unspecified atom stereocenters. The Balaban J connectivity index is 1.64. The molecule has 2 bridgehead atoms. The molecule has 6 atom stereocenters. The molecule has 2 amide bonds. The fraction of sp³-hybridized carbons (Fsp3) is 0.464. The van der Waals surface area contributed by atoms with Crippen LogP contribution < -0.4 is 4.90 Å². The van der Waals surface area contributed by atoms with E-state index in [0.717, 1.165) is 10.8 Å². The monoisotopic (exact) mass is 508 g/mol. The van der Waals surface area contributed by atoms with Crippen molar-refractivity contribution in [3.05, 3.63) is 55.1 Å². The highest BCUT2D eigenvalue weighted by Crippen LogP contribution is 2.71. The van der Waals surface area contributed by atoms with E-state index in [1.807, 2.05) is 56.3 Å². The van der Waals surface area contributed by atoms with Gasteiger partial charge in [-0.15, -0.1) is 18.3 Å². The van der Waals surface area contributed by atoms with Crippen molar-refractivity contribution in [2.75, 3.05) is 18.1 Å². The molecule has 2 aromatic carbocycles. The molecule has 7 nitrogen and oxygen atoms in total. The minimum Gasteiger partial charge on any atom is -0.481 e. The number of hydrogen-bond donors (Lipinski definition) is 2. The summed E-state index contributed by atoms with van der Waals surface area (Å²) in [5.41, 5.74) is 0.696. The third-order valence-corrected chi connectivity index (χ3v) is 10.4. The Labute approximate surface area is 215 Å². The molecule has 0 aromatic heterocycles. The van der Waals surface area contributed by atoms with Crippen molar-refractivity contribution in [2.24, 2.45) is 11.8 Å². The first-order valence-electron chi connectivity index (χ1n) is 12.5. The van der Waals surface area contributed by atoms with Crippen LogP contribution in [0.3, 0.4) is 0 Å². The minimum atomic E-state index is -0.993. The van der Waals surface area contributed by atoms with Gasteiger partial charge in [0.25, 0.3) is 5.91 Å². The second-order valence-electron chi connectivity index (χ2n) is 10.3. The molecule has 3 aliphatic rings. The van der Waals surface area contributed by atoms with Gasteiger partial charge in [-0.25, -0.2) is 0 Å². The highest BCUT2D eigenvalue weighted by Gasteiger charge is 2.78. The molecule has 1 spiro atoms. The number of fused-ring (bicyclic) bond motifs is 2. The van der Waals surface area contributed by atoms with Gasteiger partial charge in [-0.05, 0) is 49.1 Å². The topological polar surface area (TPSA) is 98.2 Å². The van der Waals surface area contributed by atoms with E-state index in [1.165, 1.54) is 16.7 Å². The zero-order valence-corrected chi connectivity index (χ0v) is 21.4. The Morgan fingerprint density at radius 3 is 2.61 bits per heavy atom. The number of likely N-dealkylation sites (tertiary alicyclic amines) is 1. The number of anilines is 1. The van der Waals surface area contributed by atoms with Crippen LogP contribution >= 0.6 is 11.8 Å². The smallest absolute Gasteiger partial charge is 0.308 e. The molecule has 3 heterocycles. The Bertz CT molecular complexity index is 1250. The van der Waals surface area contributed by atoms with Gasteiger partial charge in [0.2, 0.25) is 5.91 Å². The van der Waals surface area contributed by atoms with Crippen molar-refractivity contribution in [3.63, 3.8) is 0 Å². The summed E-state index contributed by atoms with van der Waals surface area (Å²) in [7, 11) is 0. The van der Waals surface area contributed by atoms with Crippen LogP contribution in [0.1, 0.15) is 33.1 Å². The van der Waals surface area contributed by atoms with Gasteiger partial charge in [-0.3, -0.25) is 14.4 Å². The van der Waals surface area contributed by atoms with Crippen molar-refractivity contribution in [3.8, 4) is 0 Å². The van der Waals surface area contributed by atoms with Crippen molar-refractivity contribution in [1.82, 2.24) is 4.90 Å². The van der Waals surface area contributed by atoms with Gasteiger partial charge in [0.15, 0.2) is 0 Å². The van der Waals surface area contributed by atoms with E-state index >= 15 is 0 Å². The van der Waals surface area contributed by atoms with E-state index in [1.54, 1.807) is 11.0 Å². The number of aliphatic carboxylic acids is 1. The lowest BCUT2D eigenvalue weighted by atomic mass is 9.66. The van der Waals surface area contributed by atoms with Crippen LogP contribution in [-0.2, 0) is 14.4 Å². The molecule has 190 valence electrons. The quantitative estimate of drug-likeness (QED) is 0.528. The summed E-state index contributed by atoms with van der Waals surface area (Å²) in [6, 6.07) is 12.3. The summed E-state index contributed by atoms with van der Waals surface area (Å²) in [5, 5.41) is 22.4. The van der Waals surface area contributed by atoms with Crippen molar-refractivity contribution in [1.29, 1.82) is 0 Å². The maximum Gasteiger partial charge on any atom is 0.308 e. The third kappa shape index (κ3) is 3.41. The largest absolute Gasteiger partial charge is 0.481 e. The number of benzene rings is 2. The number of carboxylic acids is 1. The average molecular weight is 509 g/mol. The van der Waals surface area contributed by atoms with Gasteiger partial charge < -0.3 is 20.0 Å². The normalized spacial score (nSPS) is 31.5. The number of nitrogens with zero attached hydrogens (tertiary/aromatic N) is 2. The molecule has 8 heteroatoms. The Kier molecular flexibility index (Phi) is 6.16. The van der Waals surface area contributed by atoms with E-state index in [9.17, 15) is 24.6 Å². The summed E-state index contributed by atoms with van der Waals surface area (Å²) in [6.07, 6.45) is 3.34. The van der Waals surface area contributed by atoms with Crippen LogP contribution in [0.4, 0.5) is 5.69 Å². The van der Waals surface area contributed by atoms with E-state index < -0.39 is 39.4 Å². The number of rotatable bonds is 8. The standard InChI is InChI=1S/C28H32N2O5S/c1-4-14-29(20-11-10-17-8-6-7-9-18(17)15-20)25(33)23-28-13-12-27(3,36-28)22(26(34)35)21(28)24(32)30(23)19(5-2)16-31/h4,6-11,15,19,21-23,31H,1,5,12-14,16H2,2-3H3,(H,34,35)/t19-,21-,22+,23?,27-,28?/m0/s1. The van der Waals surface area contributed by atoms with Crippen LogP contribution in [0, 0.1) is 11.8 Å². The van der Waals surface area contributed by atoms with Crippen molar-refractivity contribution in [2.45, 2.75) is 54.7 Å². The van der Waals surface area contributed by atoms with Crippen LogP contribution in [0.15, 0.2) is 55.1 Å². The number of carbonyl (C=O) groups is 3. The maximum atomic E-state index is 14.5. The predicted molar refractivity (Wildman–Crippen MR) is 141 cm³/mol. The SMILES string of the molecule is C=CCN(C(=O)C1N([C@@H](CC)CO)C(=O)[C@@H]2[C@H](C(=O)O)[C@]3(C)CCC12S3)c1ccc2ccccc2c1. The molecular weight excluding hydrogens is 476 g/mol. The molecular formula is C28H32N2O5S. The fourth-order valence-corrected chi connectivity index (χ4v) is 9.10. The van der Waals surface area contributed by atoms with E-state index in [-0.39, 0.29) is 25.0 Å². The van der Waals surface area contributed by atoms with Gasteiger partial charge in [-0.2, -0.15) is 0 Å². The predicted octanol–water partition coefficient (Wildman–Crippen LogP) is 3.70. The molecule has 0 aliphatic carbocycles. The number of hydrogen-bond acceptors (Lipinski definition) is 5. The number of thioether (sulfide) groups is 1. The first-order chi connectivity index (χ1) is 17.2. The Morgan fingerprint density at radius 2 is 1.97 bits per heavy atom. The minimum absolute atomic E-state index is 0.247. The maximum absolute atomic E-state index is 14.5. The fourth-order valence-electron chi connectivity index (χ4n) is 6.77. The molecule has 36 heavy (non-hydrogen) atoms. The molecule has 5 rings (SSSR count). The lowest BCUT2D eigenvalue weighted by molar-refractivity contribution is -0.150. The molecule has 0 radical (unpaired) electrons. The molecule has 3 aliphatic heterocycles. The van der Waals surface area contributed by atoms with Crippen molar-refractivity contribution < 1.29 is 24.6 Å². The van der Waals surface area contributed by atoms with Gasteiger partial charge in [0.05, 0.1) is 29.2 Å². The molecule has 0 saturated carbocycles. The van der Waals surface area contributed by atoms with E-state index in [2.05, 4.69) is 6.58 Å². The zero-order chi connectivity index (χ0) is 25.8. The number of carboxylic acid groups (broad SMARTS) is 1. The molecule has 2 aromatic rings. The molecule has 3 saturated heterocycles. The number of carbonyl (C=O) groups excluding carboxylic acids is 2. The first kappa shape index (κ1) is 24.8. The van der Waals surface area contributed by atoms with Crippen LogP contribution in [0.2, 0.25) is 0 Å². The Hall–Kier alpha value is -2.84. The average Bonchev–Trinajstić information content (AvgIpc) is 3.44. The lowest BCUT2D eigenvalue weighted by Crippen LogP contribution is -2.57. The summed E-state index contributed by atoms with van der Waals surface area (Å²) in [6.45, 7) is 7.60. The number of aliphatic hydroxyl groups excluding tert-OH is 1. The molecule has 2 N–H and O–H groups in total. The summed E-state index contributed by atoms with van der Waals surface area (Å²) >= 11 is 1.51. The van der Waals surface area contributed by atoms with Crippen LogP contribution in [0.25, 0.3) is 10.8 Å². The van der Waals surface area contributed by atoms with Crippen LogP contribution in [-0.4, -0.2) is 67.6 Å². The highest BCUT2D eigenvalue weighted by molar-refractivity contribution is 8.02. The summed E-state index contributed by atoms with van der Waals surface area (Å²) in [5.74, 6) is -3.23. The summed E-state index contributed by atoms with van der Waals surface area (Å²) in [4.78, 5) is 44.0. The van der Waals surface area contributed by atoms with Gasteiger partial charge >= 0.3 is 5.97 Å². The van der Waals surface area contributed by atoms with Gasteiger partial charge in [0.1, 0.15) is 6.04 Å². The Morgan fingerprint density at radius 1 is 1.25 bits per heavy atom. The van der Waals surface area contributed by atoms with Gasteiger partial charge in [-0.1, -0.05) is 43.3 Å². The zero-order valence-electron chi connectivity index (χ0n) is 20.6. The van der Waals surface area contributed by atoms with Crippen molar-refractivity contribution >= 4 is 46.0 Å². The second kappa shape index (κ2) is 8.92. The number of amides is 2. The summed E-state index contributed by atoms with van der Waals surface area (Å²) < 4.78 is -1.45. The van der Waals surface area contributed by atoms with E-state index in [0.29, 0.717) is 24.9 Å². The van der Waals surface area contributed by atoms with Crippen LogP contribution in [0.5, 0.6) is 0 Å². The number of aliphatic hydroxyl groups is 1. The molecule has 3 fully saturated rings. The lowest BCUT2D eigenvalue weighted by Gasteiger charge is -2.39. The second-order valence-corrected chi connectivity index (χ2v) is 12.2. The third-order valence-electron chi connectivity index (χ3n) is 8.41. The van der Waals surface area contributed by atoms with Gasteiger partial charge in [0, 0.05) is 17.0 Å².